The Bertz CT molecular complexity index is 510. The maximum Gasteiger partial charge on any atom is 0.293 e. The molecule has 0 radical (unpaired) electrons. The number of aromatic nitrogens is 3. The highest BCUT2D eigenvalue weighted by atomic mass is 16.3. The number of hydrogen-bond donors (Lipinski definition) is 2. The first kappa shape index (κ1) is 11.4. The topological polar surface area (TPSA) is 82.1 Å². The zero-order valence-corrected chi connectivity index (χ0v) is 10.7. The molecule has 3 aliphatic rings. The number of carbonyl (C=O) groups is 1. The quantitative estimate of drug-likeness (QED) is 0.814. The molecule has 2 aliphatic carbocycles. The molecule has 2 saturated carbocycles. The summed E-state index contributed by atoms with van der Waals surface area (Å²) in [4.78, 5) is 18.5. The molecule has 2 N–H and O–H groups in total. The molecule has 0 aromatic carbocycles. The fraction of sp³-hybridized carbons (Fsp3) is 0.769. The number of amides is 1. The molecule has 0 bridgehead atoms. The summed E-state index contributed by atoms with van der Waals surface area (Å²) in [7, 11) is 0. The molecule has 0 spiro atoms. The normalized spacial score (nSPS) is 33.7. The largest absolute Gasteiger partial charge is 0.393 e. The molecule has 1 aromatic rings. The lowest BCUT2D eigenvalue weighted by atomic mass is 10.00. The zero-order chi connectivity index (χ0) is 13.0. The molecule has 1 aliphatic heterocycles. The summed E-state index contributed by atoms with van der Waals surface area (Å²) >= 11 is 0. The smallest absolute Gasteiger partial charge is 0.293 e. The van der Waals surface area contributed by atoms with Crippen LogP contribution in [0.1, 0.15) is 48.0 Å². The highest BCUT2D eigenvalue weighted by molar-refractivity contribution is 5.90. The highest BCUT2D eigenvalue weighted by Crippen LogP contribution is 2.39. The van der Waals surface area contributed by atoms with Crippen LogP contribution in [-0.2, 0) is 0 Å². The van der Waals surface area contributed by atoms with Gasteiger partial charge in [-0.2, -0.15) is 0 Å². The van der Waals surface area contributed by atoms with Crippen LogP contribution in [-0.4, -0.2) is 50.3 Å². The number of carbonyl (C=O) groups excluding carboxylic acids is 1. The van der Waals surface area contributed by atoms with Gasteiger partial charge in [0.2, 0.25) is 5.82 Å². The fourth-order valence-electron chi connectivity index (χ4n) is 3.45. The minimum Gasteiger partial charge on any atom is -0.393 e. The molecule has 1 saturated heterocycles. The van der Waals surface area contributed by atoms with Crippen LogP contribution < -0.4 is 0 Å². The van der Waals surface area contributed by atoms with Gasteiger partial charge in [-0.1, -0.05) is 0 Å². The molecule has 3 atom stereocenters. The number of hydrogen-bond acceptors (Lipinski definition) is 4. The summed E-state index contributed by atoms with van der Waals surface area (Å²) in [5, 5.41) is 16.8. The second-order valence-electron chi connectivity index (χ2n) is 6.10. The second kappa shape index (κ2) is 4.03. The summed E-state index contributed by atoms with van der Waals surface area (Å²) in [6.45, 7) is 1.39. The predicted molar refractivity (Wildman–Crippen MR) is 66.5 cm³/mol. The molecule has 1 aromatic heterocycles. The van der Waals surface area contributed by atoms with Gasteiger partial charge in [0.05, 0.1) is 6.10 Å². The van der Waals surface area contributed by atoms with Crippen molar-refractivity contribution in [3.63, 3.8) is 0 Å². The monoisotopic (exact) mass is 262 g/mol. The van der Waals surface area contributed by atoms with Crippen LogP contribution in [0.25, 0.3) is 0 Å². The third kappa shape index (κ3) is 1.85. The predicted octanol–water partition coefficient (Wildman–Crippen LogP) is 0.525. The van der Waals surface area contributed by atoms with Gasteiger partial charge in [-0.25, -0.2) is 4.98 Å². The molecule has 3 unspecified atom stereocenters. The molecule has 2 heterocycles. The van der Waals surface area contributed by atoms with Gasteiger partial charge in [-0.05, 0) is 31.6 Å². The van der Waals surface area contributed by atoms with Crippen LogP contribution >= 0.6 is 0 Å². The molecule has 19 heavy (non-hydrogen) atoms. The third-order valence-electron chi connectivity index (χ3n) is 4.76. The Balaban J connectivity index is 1.48. The van der Waals surface area contributed by atoms with Gasteiger partial charge in [-0.15, -0.1) is 5.10 Å². The second-order valence-corrected chi connectivity index (χ2v) is 6.10. The first-order valence-corrected chi connectivity index (χ1v) is 7.12. The van der Waals surface area contributed by atoms with Crippen molar-refractivity contribution in [3.8, 4) is 0 Å². The number of nitrogens with zero attached hydrogens (tertiary/aromatic N) is 3. The van der Waals surface area contributed by atoms with E-state index in [-0.39, 0.29) is 23.8 Å². The summed E-state index contributed by atoms with van der Waals surface area (Å²) in [6.07, 6.45) is 3.95. The zero-order valence-electron chi connectivity index (χ0n) is 10.7. The molecule has 3 fully saturated rings. The van der Waals surface area contributed by atoms with Gasteiger partial charge in [0, 0.05) is 24.9 Å². The lowest BCUT2D eigenvalue weighted by Gasteiger charge is -2.16. The van der Waals surface area contributed by atoms with Gasteiger partial charge >= 0.3 is 0 Å². The van der Waals surface area contributed by atoms with Crippen LogP contribution in [0.5, 0.6) is 0 Å². The van der Waals surface area contributed by atoms with E-state index in [2.05, 4.69) is 15.2 Å². The van der Waals surface area contributed by atoms with Gasteiger partial charge in [-0.3, -0.25) is 9.89 Å². The number of aliphatic hydroxyl groups excluding tert-OH is 1. The third-order valence-corrected chi connectivity index (χ3v) is 4.76. The van der Waals surface area contributed by atoms with E-state index in [4.69, 9.17) is 0 Å². The van der Waals surface area contributed by atoms with Crippen LogP contribution in [0, 0.1) is 11.8 Å². The Labute approximate surface area is 111 Å². The lowest BCUT2D eigenvalue weighted by Crippen LogP contribution is -2.31. The molecular weight excluding hydrogens is 244 g/mol. The number of fused-ring (bicyclic) bond motifs is 1. The Morgan fingerprint density at radius 2 is 2.11 bits per heavy atom. The SMILES string of the molecule is O=C(c1n[nH]c(C2CC2)n1)N1CC2CCC(O)C2C1. The van der Waals surface area contributed by atoms with Crippen molar-refractivity contribution in [2.75, 3.05) is 13.1 Å². The van der Waals surface area contributed by atoms with E-state index in [1.165, 1.54) is 0 Å². The lowest BCUT2D eigenvalue weighted by molar-refractivity contribution is 0.0741. The fourth-order valence-corrected chi connectivity index (χ4v) is 3.45. The summed E-state index contributed by atoms with van der Waals surface area (Å²) in [6, 6.07) is 0. The maximum absolute atomic E-state index is 12.3. The Kier molecular flexibility index (Phi) is 2.42. The van der Waals surface area contributed by atoms with E-state index in [9.17, 15) is 9.90 Å². The van der Waals surface area contributed by atoms with E-state index in [0.29, 0.717) is 18.4 Å². The van der Waals surface area contributed by atoms with E-state index < -0.39 is 0 Å². The molecule has 102 valence electrons. The van der Waals surface area contributed by atoms with Crippen molar-refractivity contribution in [2.24, 2.45) is 11.8 Å². The summed E-state index contributed by atoms with van der Waals surface area (Å²) in [5.74, 6) is 2.24. The molecular formula is C13H18N4O2. The van der Waals surface area contributed by atoms with Crippen LogP contribution in [0.3, 0.4) is 0 Å². The average molecular weight is 262 g/mol. The van der Waals surface area contributed by atoms with Crippen molar-refractivity contribution < 1.29 is 9.90 Å². The Hall–Kier alpha value is -1.43. The van der Waals surface area contributed by atoms with Crippen LogP contribution in [0.4, 0.5) is 0 Å². The number of aliphatic hydroxyl groups is 1. The molecule has 6 heteroatoms. The van der Waals surface area contributed by atoms with E-state index in [0.717, 1.165) is 38.1 Å². The first-order chi connectivity index (χ1) is 9.22. The van der Waals surface area contributed by atoms with E-state index >= 15 is 0 Å². The van der Waals surface area contributed by atoms with Crippen LogP contribution in [0.2, 0.25) is 0 Å². The minimum atomic E-state index is -0.239. The number of likely N-dealkylation sites (tertiary alicyclic amines) is 1. The average Bonchev–Trinajstić information content (AvgIpc) is 2.88. The van der Waals surface area contributed by atoms with Crippen molar-refractivity contribution in [1.82, 2.24) is 20.1 Å². The van der Waals surface area contributed by atoms with Crippen LogP contribution in [0.15, 0.2) is 0 Å². The van der Waals surface area contributed by atoms with Crippen molar-refractivity contribution in [1.29, 1.82) is 0 Å². The van der Waals surface area contributed by atoms with Crippen molar-refractivity contribution in [2.45, 2.75) is 37.7 Å². The van der Waals surface area contributed by atoms with Gasteiger partial charge in [0.1, 0.15) is 5.82 Å². The number of nitrogens with one attached hydrogen (secondary N) is 1. The van der Waals surface area contributed by atoms with Crippen molar-refractivity contribution in [3.05, 3.63) is 11.6 Å². The first-order valence-electron chi connectivity index (χ1n) is 7.12. The number of H-pyrrole nitrogens is 1. The number of aromatic amines is 1. The molecule has 4 rings (SSSR count). The van der Waals surface area contributed by atoms with Gasteiger partial charge < -0.3 is 10.0 Å². The maximum atomic E-state index is 12.3. The summed E-state index contributed by atoms with van der Waals surface area (Å²) in [5.41, 5.74) is 0. The standard InChI is InChI=1S/C13H18N4O2/c18-10-4-3-8-5-17(6-9(8)10)13(19)12-14-11(15-16-12)7-1-2-7/h7-10,18H,1-6H2,(H,14,15,16). The Morgan fingerprint density at radius 1 is 1.26 bits per heavy atom. The van der Waals surface area contributed by atoms with Crippen molar-refractivity contribution >= 4 is 5.91 Å². The molecule has 1 amide bonds. The highest BCUT2D eigenvalue weighted by Gasteiger charge is 2.44. The number of rotatable bonds is 2. The molecule has 6 nitrogen and oxygen atoms in total. The minimum absolute atomic E-state index is 0.0928. The summed E-state index contributed by atoms with van der Waals surface area (Å²) < 4.78 is 0. The van der Waals surface area contributed by atoms with E-state index in [1.807, 2.05) is 0 Å². The van der Waals surface area contributed by atoms with E-state index in [1.54, 1.807) is 4.90 Å². The van der Waals surface area contributed by atoms with Gasteiger partial charge in [0.25, 0.3) is 5.91 Å². The Morgan fingerprint density at radius 3 is 2.84 bits per heavy atom. The van der Waals surface area contributed by atoms with Gasteiger partial charge in [0.15, 0.2) is 0 Å².